The second kappa shape index (κ2) is 11.3. The number of thioether (sulfide) groups is 1. The molecule has 0 bridgehead atoms. The van der Waals surface area contributed by atoms with Crippen LogP contribution in [0.1, 0.15) is 18.4 Å². The van der Waals surface area contributed by atoms with Crippen LogP contribution in [0.25, 0.3) is 0 Å². The first-order valence-electron chi connectivity index (χ1n) is 8.84. The molecule has 0 saturated carbocycles. The molecule has 1 atom stereocenters. The molecule has 0 aliphatic carbocycles. The van der Waals surface area contributed by atoms with Gasteiger partial charge in [0, 0.05) is 36.6 Å². The van der Waals surface area contributed by atoms with Crippen molar-refractivity contribution in [3.63, 3.8) is 0 Å². The Kier molecular flexibility index (Phi) is 9.16. The summed E-state index contributed by atoms with van der Waals surface area (Å²) in [6, 6.07) is 15.2. The number of carbonyl (C=O) groups is 2. The summed E-state index contributed by atoms with van der Waals surface area (Å²) in [5, 5.41) is 0.970. The zero-order valence-corrected chi connectivity index (χ0v) is 18.2. The first kappa shape index (κ1) is 22.6. The summed E-state index contributed by atoms with van der Waals surface area (Å²) >= 11 is 13.6. The topological polar surface area (TPSA) is 46.6 Å². The van der Waals surface area contributed by atoms with Gasteiger partial charge < -0.3 is 9.64 Å². The van der Waals surface area contributed by atoms with Gasteiger partial charge in [0.05, 0.1) is 17.2 Å². The first-order valence-corrected chi connectivity index (χ1v) is 10.6. The zero-order valence-electron chi connectivity index (χ0n) is 15.9. The minimum Gasteiger partial charge on any atom is -0.469 e. The largest absolute Gasteiger partial charge is 0.469 e. The fraction of sp³-hybridized carbons (Fsp3) is 0.333. The van der Waals surface area contributed by atoms with E-state index in [0.717, 1.165) is 10.5 Å². The number of ether oxygens (including phenoxy) is 1. The Balaban J connectivity index is 2.04. The molecule has 0 aliphatic heterocycles. The van der Waals surface area contributed by atoms with E-state index in [9.17, 15) is 9.59 Å². The van der Waals surface area contributed by atoms with Crippen LogP contribution in [-0.2, 0) is 20.9 Å². The molecule has 0 aromatic heterocycles. The summed E-state index contributed by atoms with van der Waals surface area (Å²) in [5.74, 6) is -0.0944. The summed E-state index contributed by atoms with van der Waals surface area (Å²) in [6.07, 6.45) is 0.632. The third-order valence-corrected chi connectivity index (χ3v) is 6.15. The van der Waals surface area contributed by atoms with Gasteiger partial charge in [-0.15, -0.1) is 11.8 Å². The Morgan fingerprint density at radius 1 is 1.11 bits per heavy atom. The lowest BCUT2D eigenvalue weighted by Gasteiger charge is -2.24. The van der Waals surface area contributed by atoms with Gasteiger partial charge in [-0.2, -0.15) is 0 Å². The van der Waals surface area contributed by atoms with Gasteiger partial charge in [-0.05, 0) is 30.2 Å². The minimum absolute atomic E-state index is 0.000293. The quantitative estimate of drug-likeness (QED) is 0.392. The van der Waals surface area contributed by atoms with Crippen LogP contribution in [0.15, 0.2) is 53.4 Å². The average molecular weight is 440 g/mol. The predicted molar refractivity (Wildman–Crippen MR) is 115 cm³/mol. The molecule has 1 amide bonds. The van der Waals surface area contributed by atoms with Crippen molar-refractivity contribution >= 4 is 46.8 Å². The van der Waals surface area contributed by atoms with Gasteiger partial charge in [0.2, 0.25) is 5.91 Å². The van der Waals surface area contributed by atoms with Crippen molar-refractivity contribution in [3.05, 3.63) is 64.1 Å². The lowest BCUT2D eigenvalue weighted by molar-refractivity contribution is -0.141. The highest BCUT2D eigenvalue weighted by molar-refractivity contribution is 7.99. The number of hydrogen-bond acceptors (Lipinski definition) is 4. The van der Waals surface area contributed by atoms with E-state index >= 15 is 0 Å². The summed E-state index contributed by atoms with van der Waals surface area (Å²) in [5.41, 5.74) is 1.06. The van der Waals surface area contributed by atoms with Crippen LogP contribution in [0.3, 0.4) is 0 Å². The lowest BCUT2D eigenvalue weighted by atomic mass is 10.0. The minimum atomic E-state index is -0.317. The normalized spacial score (nSPS) is 11.7. The van der Waals surface area contributed by atoms with Gasteiger partial charge in [-0.3, -0.25) is 9.59 Å². The smallest absolute Gasteiger partial charge is 0.305 e. The van der Waals surface area contributed by atoms with Crippen molar-refractivity contribution in [2.75, 3.05) is 19.9 Å². The second-order valence-electron chi connectivity index (χ2n) is 6.38. The van der Waals surface area contributed by atoms with Crippen LogP contribution in [0.5, 0.6) is 0 Å². The van der Waals surface area contributed by atoms with Gasteiger partial charge in [0.25, 0.3) is 0 Å². The number of halogens is 2. The van der Waals surface area contributed by atoms with Crippen molar-refractivity contribution in [3.8, 4) is 0 Å². The second-order valence-corrected chi connectivity index (χ2v) is 8.29. The van der Waals surface area contributed by atoms with Crippen molar-refractivity contribution < 1.29 is 14.3 Å². The molecule has 7 heteroatoms. The monoisotopic (exact) mass is 439 g/mol. The standard InChI is InChI=1S/C21H23Cl2NO3S/c1-24(13-15-6-4-3-5-7-15)21(26)16(8-11-20(25)27-2)14-28-17-9-10-18(22)19(23)12-17/h3-7,9-10,12,16H,8,11,13-14H2,1-2H3. The van der Waals surface area contributed by atoms with Crippen LogP contribution in [0, 0.1) is 5.92 Å². The maximum absolute atomic E-state index is 13.0. The third-order valence-electron chi connectivity index (χ3n) is 4.25. The van der Waals surface area contributed by atoms with Crippen LogP contribution in [-0.4, -0.2) is 36.7 Å². The molecule has 0 saturated heterocycles. The molecule has 0 aliphatic rings. The molecular weight excluding hydrogens is 417 g/mol. The van der Waals surface area contributed by atoms with E-state index in [-0.39, 0.29) is 24.2 Å². The highest BCUT2D eigenvalue weighted by atomic mass is 35.5. The van der Waals surface area contributed by atoms with Crippen molar-refractivity contribution in [2.45, 2.75) is 24.3 Å². The number of carbonyl (C=O) groups excluding carboxylic acids is 2. The third kappa shape index (κ3) is 7.04. The fourth-order valence-corrected chi connectivity index (χ4v) is 4.11. The van der Waals surface area contributed by atoms with E-state index in [0.29, 0.717) is 28.8 Å². The summed E-state index contributed by atoms with van der Waals surface area (Å²) in [7, 11) is 3.13. The predicted octanol–water partition coefficient (Wildman–Crippen LogP) is 5.31. The number of hydrogen-bond donors (Lipinski definition) is 0. The molecule has 0 heterocycles. The van der Waals surface area contributed by atoms with Crippen molar-refractivity contribution in [1.82, 2.24) is 4.90 Å². The Hall–Kier alpha value is -1.69. The van der Waals surface area contributed by atoms with Gasteiger partial charge in [-0.1, -0.05) is 53.5 Å². The molecule has 2 aromatic rings. The van der Waals surface area contributed by atoms with E-state index in [1.54, 1.807) is 24.1 Å². The van der Waals surface area contributed by atoms with Gasteiger partial charge in [-0.25, -0.2) is 0 Å². The van der Waals surface area contributed by atoms with E-state index in [1.807, 2.05) is 36.4 Å². The molecule has 1 unspecified atom stereocenters. The zero-order chi connectivity index (χ0) is 20.5. The summed E-state index contributed by atoms with van der Waals surface area (Å²) < 4.78 is 4.73. The highest BCUT2D eigenvalue weighted by Crippen LogP contribution is 2.30. The molecule has 0 radical (unpaired) electrons. The number of nitrogens with zero attached hydrogens (tertiary/aromatic N) is 1. The van der Waals surface area contributed by atoms with E-state index < -0.39 is 0 Å². The summed E-state index contributed by atoms with van der Waals surface area (Å²) in [6.45, 7) is 0.520. The Labute approximate surface area is 180 Å². The molecular formula is C21H23Cl2NO3S. The maximum Gasteiger partial charge on any atom is 0.305 e. The number of amides is 1. The van der Waals surface area contributed by atoms with E-state index in [1.165, 1.54) is 18.9 Å². The van der Waals surface area contributed by atoms with Gasteiger partial charge in [0.15, 0.2) is 0 Å². The maximum atomic E-state index is 13.0. The molecule has 2 aromatic carbocycles. The SMILES string of the molecule is COC(=O)CCC(CSc1ccc(Cl)c(Cl)c1)C(=O)N(C)Cc1ccccc1. The van der Waals surface area contributed by atoms with Crippen molar-refractivity contribution in [1.29, 1.82) is 0 Å². The Morgan fingerprint density at radius 2 is 1.82 bits per heavy atom. The number of methoxy groups -OCH3 is 1. The van der Waals surface area contributed by atoms with Crippen LogP contribution in [0.2, 0.25) is 10.0 Å². The van der Waals surface area contributed by atoms with E-state index in [2.05, 4.69) is 0 Å². The van der Waals surface area contributed by atoms with Gasteiger partial charge >= 0.3 is 5.97 Å². The van der Waals surface area contributed by atoms with Crippen molar-refractivity contribution in [2.24, 2.45) is 5.92 Å². The molecule has 28 heavy (non-hydrogen) atoms. The number of esters is 1. The van der Waals surface area contributed by atoms with Crippen LogP contribution >= 0.6 is 35.0 Å². The van der Waals surface area contributed by atoms with E-state index in [4.69, 9.17) is 27.9 Å². The molecule has 4 nitrogen and oxygen atoms in total. The Bertz CT molecular complexity index is 801. The number of benzene rings is 2. The summed E-state index contributed by atoms with van der Waals surface area (Å²) in [4.78, 5) is 27.2. The lowest BCUT2D eigenvalue weighted by Crippen LogP contribution is -2.34. The van der Waals surface area contributed by atoms with Gasteiger partial charge in [0.1, 0.15) is 0 Å². The molecule has 0 spiro atoms. The van der Waals surface area contributed by atoms with Crippen LogP contribution < -0.4 is 0 Å². The number of rotatable bonds is 9. The fourth-order valence-electron chi connectivity index (χ4n) is 2.68. The average Bonchev–Trinajstić information content (AvgIpc) is 2.70. The molecule has 150 valence electrons. The molecule has 0 N–H and O–H groups in total. The highest BCUT2D eigenvalue weighted by Gasteiger charge is 2.23. The molecule has 0 fully saturated rings. The first-order chi connectivity index (χ1) is 13.4. The Morgan fingerprint density at radius 3 is 2.46 bits per heavy atom. The molecule has 2 rings (SSSR count). The van der Waals surface area contributed by atoms with Crippen LogP contribution in [0.4, 0.5) is 0 Å².